The molecule has 0 radical (unpaired) electrons. The second kappa shape index (κ2) is 3.24. The Bertz CT molecular complexity index is 447. The first kappa shape index (κ1) is 8.23. The molecule has 1 aliphatic heterocycles. The monoisotopic (exact) mass is 206 g/mol. The summed E-state index contributed by atoms with van der Waals surface area (Å²) >= 11 is 1.97. The summed E-state index contributed by atoms with van der Waals surface area (Å²) in [7, 11) is 0. The van der Waals surface area contributed by atoms with Gasteiger partial charge in [0.15, 0.2) is 5.65 Å². The van der Waals surface area contributed by atoms with Crippen molar-refractivity contribution in [1.82, 2.24) is 20.0 Å². The van der Waals surface area contributed by atoms with E-state index in [1.54, 1.807) is 6.20 Å². The lowest BCUT2D eigenvalue weighted by Gasteiger charge is -2.07. The van der Waals surface area contributed by atoms with E-state index in [-0.39, 0.29) is 0 Å². The van der Waals surface area contributed by atoms with Crippen LogP contribution in [0.25, 0.3) is 11.2 Å². The van der Waals surface area contributed by atoms with Crippen LogP contribution in [0.3, 0.4) is 0 Å². The normalized spacial score (nSPS) is 21.9. The van der Waals surface area contributed by atoms with Crippen LogP contribution in [0.5, 0.6) is 0 Å². The zero-order valence-corrected chi connectivity index (χ0v) is 8.44. The molecule has 4 nitrogen and oxygen atoms in total. The van der Waals surface area contributed by atoms with Gasteiger partial charge in [0.25, 0.3) is 0 Å². The van der Waals surface area contributed by atoms with Crippen LogP contribution in [0.4, 0.5) is 0 Å². The van der Waals surface area contributed by atoms with Crippen LogP contribution in [0, 0.1) is 0 Å². The molecule has 1 fully saturated rings. The maximum absolute atomic E-state index is 4.31. The Morgan fingerprint density at radius 2 is 2.50 bits per heavy atom. The van der Waals surface area contributed by atoms with Crippen molar-refractivity contribution in [3.05, 3.63) is 18.3 Å². The maximum Gasteiger partial charge on any atom is 0.178 e. The SMILES string of the molecule is c1cnc2c(c1)nnn2C1CCSC1. The van der Waals surface area contributed by atoms with Gasteiger partial charge in [0.1, 0.15) is 5.52 Å². The first-order chi connectivity index (χ1) is 6.95. The highest BCUT2D eigenvalue weighted by atomic mass is 32.2. The molecule has 72 valence electrons. The van der Waals surface area contributed by atoms with Crippen molar-refractivity contribution in [3.8, 4) is 0 Å². The fourth-order valence-corrected chi connectivity index (χ4v) is 2.93. The molecule has 1 saturated heterocycles. The van der Waals surface area contributed by atoms with Crippen LogP contribution in [-0.4, -0.2) is 31.5 Å². The van der Waals surface area contributed by atoms with Gasteiger partial charge in [0.05, 0.1) is 6.04 Å². The van der Waals surface area contributed by atoms with Gasteiger partial charge in [-0.3, -0.25) is 0 Å². The topological polar surface area (TPSA) is 43.6 Å². The third kappa shape index (κ3) is 1.19. The van der Waals surface area contributed by atoms with Crippen molar-refractivity contribution < 1.29 is 0 Å². The molecule has 14 heavy (non-hydrogen) atoms. The van der Waals surface area contributed by atoms with Crippen molar-refractivity contribution >= 4 is 22.9 Å². The fourth-order valence-electron chi connectivity index (χ4n) is 1.74. The first-order valence-corrected chi connectivity index (χ1v) is 5.84. The van der Waals surface area contributed by atoms with Crippen LogP contribution in [-0.2, 0) is 0 Å². The molecule has 3 rings (SSSR count). The predicted molar refractivity (Wildman–Crippen MR) is 56.3 cm³/mol. The Hall–Kier alpha value is -1.10. The molecule has 1 unspecified atom stereocenters. The molecule has 0 bridgehead atoms. The van der Waals surface area contributed by atoms with Crippen LogP contribution >= 0.6 is 11.8 Å². The van der Waals surface area contributed by atoms with Gasteiger partial charge >= 0.3 is 0 Å². The van der Waals surface area contributed by atoms with Crippen molar-refractivity contribution in [2.75, 3.05) is 11.5 Å². The number of hydrogen-bond acceptors (Lipinski definition) is 4. The third-order valence-corrected chi connectivity index (χ3v) is 3.63. The zero-order chi connectivity index (χ0) is 9.38. The summed E-state index contributed by atoms with van der Waals surface area (Å²) in [5, 5.41) is 8.27. The molecular weight excluding hydrogens is 196 g/mol. The van der Waals surface area contributed by atoms with Gasteiger partial charge < -0.3 is 0 Å². The Morgan fingerprint density at radius 3 is 3.36 bits per heavy atom. The number of rotatable bonds is 1. The van der Waals surface area contributed by atoms with E-state index in [0.29, 0.717) is 6.04 Å². The zero-order valence-electron chi connectivity index (χ0n) is 7.63. The highest BCUT2D eigenvalue weighted by Crippen LogP contribution is 2.28. The highest BCUT2D eigenvalue weighted by molar-refractivity contribution is 7.99. The molecule has 0 aliphatic carbocycles. The van der Waals surface area contributed by atoms with Gasteiger partial charge in [-0.2, -0.15) is 11.8 Å². The van der Waals surface area contributed by atoms with E-state index < -0.39 is 0 Å². The van der Waals surface area contributed by atoms with E-state index in [1.807, 2.05) is 28.6 Å². The molecule has 1 atom stereocenters. The minimum atomic E-state index is 0.486. The summed E-state index contributed by atoms with van der Waals surface area (Å²) < 4.78 is 1.97. The molecule has 0 amide bonds. The number of hydrogen-bond donors (Lipinski definition) is 0. The summed E-state index contributed by atoms with van der Waals surface area (Å²) in [5.41, 5.74) is 1.81. The van der Waals surface area contributed by atoms with E-state index in [2.05, 4.69) is 15.3 Å². The van der Waals surface area contributed by atoms with Crippen LogP contribution < -0.4 is 0 Å². The van der Waals surface area contributed by atoms with Gasteiger partial charge in [0.2, 0.25) is 0 Å². The minimum absolute atomic E-state index is 0.486. The average Bonchev–Trinajstić information content (AvgIpc) is 2.85. The summed E-state index contributed by atoms with van der Waals surface area (Å²) in [6.07, 6.45) is 2.98. The highest BCUT2D eigenvalue weighted by Gasteiger charge is 2.20. The van der Waals surface area contributed by atoms with Crippen molar-refractivity contribution in [2.45, 2.75) is 12.5 Å². The quantitative estimate of drug-likeness (QED) is 0.709. The van der Waals surface area contributed by atoms with Gasteiger partial charge in [-0.1, -0.05) is 5.21 Å². The second-order valence-electron chi connectivity index (χ2n) is 3.40. The molecule has 0 spiro atoms. The molecular formula is C9H10N4S. The Balaban J connectivity index is 2.11. The minimum Gasteiger partial charge on any atom is -0.235 e. The van der Waals surface area contributed by atoms with E-state index in [4.69, 9.17) is 0 Å². The number of nitrogens with zero attached hydrogens (tertiary/aromatic N) is 4. The molecule has 2 aromatic heterocycles. The summed E-state index contributed by atoms with van der Waals surface area (Å²) in [6.45, 7) is 0. The van der Waals surface area contributed by atoms with Crippen molar-refractivity contribution in [2.24, 2.45) is 0 Å². The number of aromatic nitrogens is 4. The van der Waals surface area contributed by atoms with Crippen LogP contribution in [0.2, 0.25) is 0 Å². The Kier molecular flexibility index (Phi) is 1.90. The second-order valence-corrected chi connectivity index (χ2v) is 4.55. The number of thioether (sulfide) groups is 1. The fraction of sp³-hybridized carbons (Fsp3) is 0.444. The van der Waals surface area contributed by atoms with Gasteiger partial charge in [-0.25, -0.2) is 9.67 Å². The van der Waals surface area contributed by atoms with E-state index >= 15 is 0 Å². The van der Waals surface area contributed by atoms with Gasteiger partial charge in [-0.05, 0) is 24.3 Å². The molecule has 0 saturated carbocycles. The summed E-state index contributed by atoms with van der Waals surface area (Å²) in [5.74, 6) is 2.36. The Morgan fingerprint density at radius 1 is 1.50 bits per heavy atom. The Labute approximate surface area is 85.7 Å². The predicted octanol–water partition coefficient (Wildman–Crippen LogP) is 1.50. The molecule has 0 N–H and O–H groups in total. The molecule has 1 aliphatic rings. The van der Waals surface area contributed by atoms with Crippen molar-refractivity contribution in [3.63, 3.8) is 0 Å². The third-order valence-electron chi connectivity index (χ3n) is 2.48. The summed E-state index contributed by atoms with van der Waals surface area (Å²) in [6, 6.07) is 4.33. The van der Waals surface area contributed by atoms with Crippen molar-refractivity contribution in [1.29, 1.82) is 0 Å². The molecule has 3 heterocycles. The standard InChI is InChI=1S/C9H10N4S/c1-2-8-9(10-4-1)13(12-11-8)7-3-5-14-6-7/h1-2,4,7H,3,5-6H2. The van der Waals surface area contributed by atoms with Crippen LogP contribution in [0.1, 0.15) is 12.5 Å². The summed E-state index contributed by atoms with van der Waals surface area (Å²) in [4.78, 5) is 4.31. The number of pyridine rings is 1. The van der Waals surface area contributed by atoms with Gasteiger partial charge in [0, 0.05) is 11.9 Å². The van der Waals surface area contributed by atoms with Crippen LogP contribution in [0.15, 0.2) is 18.3 Å². The maximum atomic E-state index is 4.31. The molecule has 5 heteroatoms. The average molecular weight is 206 g/mol. The lowest BCUT2D eigenvalue weighted by Crippen LogP contribution is -2.10. The van der Waals surface area contributed by atoms with E-state index in [1.165, 1.54) is 12.2 Å². The smallest absolute Gasteiger partial charge is 0.178 e. The van der Waals surface area contributed by atoms with Gasteiger partial charge in [-0.15, -0.1) is 5.10 Å². The largest absolute Gasteiger partial charge is 0.235 e. The lowest BCUT2D eigenvalue weighted by molar-refractivity contribution is 0.497. The lowest BCUT2D eigenvalue weighted by atomic mass is 10.3. The first-order valence-electron chi connectivity index (χ1n) is 4.69. The van der Waals surface area contributed by atoms with E-state index in [0.717, 1.165) is 16.9 Å². The number of fused-ring (bicyclic) bond motifs is 1. The van der Waals surface area contributed by atoms with E-state index in [9.17, 15) is 0 Å². The molecule has 2 aromatic rings. The molecule has 0 aromatic carbocycles.